The molecular formula is C11H10N2O4. The van der Waals surface area contributed by atoms with E-state index >= 15 is 0 Å². The highest BCUT2D eigenvalue weighted by molar-refractivity contribution is 6.21. The van der Waals surface area contributed by atoms with Gasteiger partial charge in [-0.2, -0.15) is 0 Å². The summed E-state index contributed by atoms with van der Waals surface area (Å²) >= 11 is 0. The molecule has 2 aliphatic heterocycles. The molecule has 0 saturated carbocycles. The lowest BCUT2D eigenvalue weighted by Crippen LogP contribution is -2.32. The predicted octanol–water partition coefficient (Wildman–Crippen LogP) is -0.822. The van der Waals surface area contributed by atoms with E-state index in [1.165, 1.54) is 0 Å². The predicted molar refractivity (Wildman–Crippen MR) is 56.2 cm³/mol. The van der Waals surface area contributed by atoms with Crippen molar-refractivity contribution in [3.8, 4) is 0 Å². The van der Waals surface area contributed by atoms with Crippen LogP contribution >= 0.6 is 0 Å². The van der Waals surface area contributed by atoms with Crippen LogP contribution in [0.3, 0.4) is 0 Å². The number of nitrogens with one attached hydrogen (secondary N) is 2. The molecule has 6 nitrogen and oxygen atoms in total. The van der Waals surface area contributed by atoms with Crippen molar-refractivity contribution in [2.45, 2.75) is 13.8 Å². The fourth-order valence-corrected chi connectivity index (χ4v) is 1.90. The molecule has 0 radical (unpaired) electrons. The lowest BCUT2D eigenvalue weighted by Gasteiger charge is -2.24. The first-order chi connectivity index (χ1) is 7.82. The summed E-state index contributed by atoms with van der Waals surface area (Å²) in [4.78, 5) is 45.2. The van der Waals surface area contributed by atoms with Crippen LogP contribution in [0.1, 0.15) is 13.8 Å². The summed E-state index contributed by atoms with van der Waals surface area (Å²) in [6, 6.07) is 0. The first-order valence-corrected chi connectivity index (χ1v) is 4.97. The maximum atomic E-state index is 11.5. The quantitative estimate of drug-likeness (QED) is 0.610. The third-order valence-corrected chi connectivity index (χ3v) is 2.86. The highest BCUT2D eigenvalue weighted by atomic mass is 16.2. The van der Waals surface area contributed by atoms with Crippen LogP contribution in [0.4, 0.5) is 0 Å². The van der Waals surface area contributed by atoms with Crippen molar-refractivity contribution in [3.05, 3.63) is 23.3 Å². The van der Waals surface area contributed by atoms with Crippen LogP contribution in [0.5, 0.6) is 0 Å². The molecule has 88 valence electrons. The molecule has 2 rings (SSSR count). The van der Waals surface area contributed by atoms with Gasteiger partial charge in [-0.25, -0.2) is 0 Å². The van der Waals surface area contributed by atoms with Gasteiger partial charge in [-0.1, -0.05) is 13.8 Å². The minimum atomic E-state index is -0.980. The van der Waals surface area contributed by atoms with Gasteiger partial charge in [0.15, 0.2) is 0 Å². The molecule has 0 aromatic rings. The van der Waals surface area contributed by atoms with E-state index in [4.69, 9.17) is 0 Å². The zero-order valence-electron chi connectivity index (χ0n) is 9.29. The molecule has 17 heavy (non-hydrogen) atoms. The zero-order chi connectivity index (χ0) is 12.8. The molecular weight excluding hydrogens is 224 g/mol. The smallest absolute Gasteiger partial charge is 0.255 e. The topological polar surface area (TPSA) is 92.3 Å². The zero-order valence-corrected chi connectivity index (χ0v) is 9.29. The Labute approximate surface area is 96.7 Å². The monoisotopic (exact) mass is 234 g/mol. The number of hydrogen-bond donors (Lipinski definition) is 2. The highest BCUT2D eigenvalue weighted by Gasteiger charge is 2.41. The van der Waals surface area contributed by atoms with E-state index in [0.717, 1.165) is 12.2 Å². The second-order valence-corrected chi connectivity index (χ2v) is 4.38. The SMILES string of the molecule is CC(C)(C1=CC(=O)NC1=O)C1=CC(=O)NC1=O. The molecule has 2 heterocycles. The molecule has 0 atom stereocenters. The van der Waals surface area contributed by atoms with Crippen LogP contribution in [0.15, 0.2) is 23.3 Å². The first kappa shape index (κ1) is 11.3. The van der Waals surface area contributed by atoms with Gasteiger partial charge < -0.3 is 0 Å². The molecule has 2 N–H and O–H groups in total. The van der Waals surface area contributed by atoms with Gasteiger partial charge in [-0.05, 0) is 0 Å². The van der Waals surface area contributed by atoms with E-state index < -0.39 is 29.0 Å². The van der Waals surface area contributed by atoms with Gasteiger partial charge in [-0.3, -0.25) is 29.8 Å². The second-order valence-electron chi connectivity index (χ2n) is 4.38. The Bertz CT molecular complexity index is 480. The van der Waals surface area contributed by atoms with Crippen LogP contribution in [0.2, 0.25) is 0 Å². The number of carbonyl (C=O) groups excluding carboxylic acids is 4. The summed E-state index contributed by atoms with van der Waals surface area (Å²) in [5, 5.41) is 4.22. The number of hydrogen-bond acceptors (Lipinski definition) is 4. The first-order valence-electron chi connectivity index (χ1n) is 4.97. The molecule has 0 aromatic heterocycles. The molecule has 0 bridgehead atoms. The molecule has 6 heteroatoms. The van der Waals surface area contributed by atoms with Gasteiger partial charge >= 0.3 is 0 Å². The molecule has 0 spiro atoms. The average molecular weight is 234 g/mol. The molecule has 0 unspecified atom stereocenters. The van der Waals surface area contributed by atoms with E-state index in [1.54, 1.807) is 13.8 Å². The summed E-state index contributed by atoms with van der Waals surface area (Å²) in [6.45, 7) is 3.22. The van der Waals surface area contributed by atoms with Gasteiger partial charge in [0.1, 0.15) is 0 Å². The summed E-state index contributed by atoms with van der Waals surface area (Å²) in [7, 11) is 0. The normalized spacial score (nSPS) is 20.1. The minimum absolute atomic E-state index is 0.179. The van der Waals surface area contributed by atoms with Crippen LogP contribution in [-0.2, 0) is 19.2 Å². The van der Waals surface area contributed by atoms with E-state index in [0.29, 0.717) is 0 Å². The Morgan fingerprint density at radius 2 is 1.18 bits per heavy atom. The van der Waals surface area contributed by atoms with Crippen molar-refractivity contribution in [2.24, 2.45) is 5.41 Å². The summed E-state index contributed by atoms with van der Waals surface area (Å²) in [5.74, 6) is -2.09. The Kier molecular flexibility index (Phi) is 2.23. The van der Waals surface area contributed by atoms with E-state index in [2.05, 4.69) is 10.6 Å². The molecule has 0 fully saturated rings. The lowest BCUT2D eigenvalue weighted by atomic mass is 9.77. The van der Waals surface area contributed by atoms with Gasteiger partial charge in [0.25, 0.3) is 23.6 Å². The van der Waals surface area contributed by atoms with Crippen molar-refractivity contribution in [3.63, 3.8) is 0 Å². The van der Waals surface area contributed by atoms with E-state index in [-0.39, 0.29) is 11.1 Å². The average Bonchev–Trinajstić information content (AvgIpc) is 2.70. The van der Waals surface area contributed by atoms with Crippen molar-refractivity contribution < 1.29 is 19.2 Å². The summed E-state index contributed by atoms with van der Waals surface area (Å²) in [6.07, 6.45) is 2.30. The molecule has 0 aliphatic carbocycles. The lowest BCUT2D eigenvalue weighted by molar-refractivity contribution is -0.125. The molecule has 4 amide bonds. The number of carbonyl (C=O) groups is 4. The largest absolute Gasteiger partial charge is 0.289 e. The number of rotatable bonds is 2. The van der Waals surface area contributed by atoms with Gasteiger partial charge in [0.05, 0.1) is 0 Å². The standard InChI is InChI=1S/C11H10N2O4/c1-11(2,5-3-7(14)12-9(5)16)6-4-8(15)13-10(6)17/h3-4H,1-2H3,(H,12,14,16)(H,13,15,17). The van der Waals surface area contributed by atoms with Crippen LogP contribution in [-0.4, -0.2) is 23.6 Å². The van der Waals surface area contributed by atoms with Gasteiger partial charge in [0, 0.05) is 28.7 Å². The fourth-order valence-electron chi connectivity index (χ4n) is 1.90. The highest BCUT2D eigenvalue weighted by Crippen LogP contribution is 2.37. The Hall–Kier alpha value is -2.24. The number of amides is 4. The van der Waals surface area contributed by atoms with Crippen molar-refractivity contribution >= 4 is 23.6 Å². The van der Waals surface area contributed by atoms with Crippen molar-refractivity contribution in [1.29, 1.82) is 0 Å². The molecule has 0 aromatic carbocycles. The fraction of sp³-hybridized carbons (Fsp3) is 0.273. The van der Waals surface area contributed by atoms with Crippen molar-refractivity contribution in [2.75, 3.05) is 0 Å². The van der Waals surface area contributed by atoms with Gasteiger partial charge in [0.2, 0.25) is 0 Å². The Balaban J connectivity index is 2.44. The third-order valence-electron chi connectivity index (χ3n) is 2.86. The third kappa shape index (κ3) is 1.67. The van der Waals surface area contributed by atoms with Crippen LogP contribution in [0, 0.1) is 5.41 Å². The summed E-state index contributed by atoms with van der Waals surface area (Å²) in [5.41, 5.74) is -0.621. The molecule has 2 aliphatic rings. The number of imide groups is 2. The van der Waals surface area contributed by atoms with E-state index in [9.17, 15) is 19.2 Å². The maximum absolute atomic E-state index is 11.5. The Morgan fingerprint density at radius 3 is 1.41 bits per heavy atom. The molecule has 0 saturated heterocycles. The summed E-state index contributed by atoms with van der Waals surface area (Å²) < 4.78 is 0. The minimum Gasteiger partial charge on any atom is -0.289 e. The van der Waals surface area contributed by atoms with Crippen molar-refractivity contribution in [1.82, 2.24) is 10.6 Å². The van der Waals surface area contributed by atoms with Crippen LogP contribution in [0.25, 0.3) is 0 Å². The van der Waals surface area contributed by atoms with Crippen LogP contribution < -0.4 is 10.6 Å². The Morgan fingerprint density at radius 1 is 0.824 bits per heavy atom. The van der Waals surface area contributed by atoms with E-state index in [1.807, 2.05) is 0 Å². The van der Waals surface area contributed by atoms with Gasteiger partial charge in [-0.15, -0.1) is 0 Å². The maximum Gasteiger partial charge on any atom is 0.255 e. The second kappa shape index (κ2) is 3.38.